The summed E-state index contributed by atoms with van der Waals surface area (Å²) in [6.07, 6.45) is 13.2. The molecule has 0 unspecified atom stereocenters. The highest BCUT2D eigenvalue weighted by Crippen LogP contribution is 2.40. The number of benzene rings is 2. The highest BCUT2D eigenvalue weighted by molar-refractivity contribution is 5.88. The lowest BCUT2D eigenvalue weighted by molar-refractivity contribution is 0.263. The van der Waals surface area contributed by atoms with Gasteiger partial charge in [-0.25, -0.2) is 13.2 Å². The van der Waals surface area contributed by atoms with Gasteiger partial charge in [0, 0.05) is 16.9 Å². The summed E-state index contributed by atoms with van der Waals surface area (Å²) in [5.41, 5.74) is 0.671. The Hall–Kier alpha value is -2.29. The summed E-state index contributed by atoms with van der Waals surface area (Å²) in [4.78, 5) is 0. The first kappa shape index (κ1) is 21.4. The smallest absolute Gasteiger partial charge is 0.165 e. The van der Waals surface area contributed by atoms with Gasteiger partial charge >= 0.3 is 0 Å². The minimum absolute atomic E-state index is 0.274. The van der Waals surface area contributed by atoms with Crippen LogP contribution in [-0.2, 0) is 0 Å². The molecule has 1 aliphatic rings. The molecule has 3 rings (SSSR count). The molecule has 1 fully saturated rings. The van der Waals surface area contributed by atoms with Crippen LogP contribution in [0.15, 0.2) is 54.4 Å². The third-order valence-corrected chi connectivity index (χ3v) is 5.97. The second kappa shape index (κ2) is 9.96. The molecule has 0 aliphatic heterocycles. The second-order valence-electron chi connectivity index (χ2n) is 7.93. The van der Waals surface area contributed by atoms with Gasteiger partial charge in [-0.3, -0.25) is 0 Å². The Morgan fingerprint density at radius 2 is 1.76 bits per heavy atom. The summed E-state index contributed by atoms with van der Waals surface area (Å²) >= 11 is 0. The Morgan fingerprint density at radius 3 is 2.45 bits per heavy atom. The first-order chi connectivity index (χ1) is 14.0. The number of rotatable bonds is 6. The monoisotopic (exact) mass is 398 g/mol. The van der Waals surface area contributed by atoms with Crippen LogP contribution in [0, 0.1) is 17.7 Å². The third-order valence-electron chi connectivity index (χ3n) is 5.97. The highest BCUT2D eigenvalue weighted by Gasteiger charge is 2.27. The molecule has 0 radical (unpaired) electrons. The summed E-state index contributed by atoms with van der Waals surface area (Å²) in [7, 11) is 0. The Morgan fingerprint density at radius 1 is 1.00 bits per heavy atom. The van der Waals surface area contributed by atoms with E-state index in [2.05, 4.69) is 6.08 Å². The van der Waals surface area contributed by atoms with Crippen molar-refractivity contribution in [2.24, 2.45) is 11.8 Å². The minimum atomic E-state index is -1.04. The van der Waals surface area contributed by atoms with Crippen molar-refractivity contribution in [3.05, 3.63) is 71.3 Å². The predicted octanol–water partition coefficient (Wildman–Crippen LogP) is 8.78. The molecular weight excluding hydrogens is 369 g/mol. The van der Waals surface area contributed by atoms with Crippen molar-refractivity contribution in [1.82, 2.24) is 0 Å². The number of allylic oxidation sites excluding steroid dienone is 4. The van der Waals surface area contributed by atoms with Gasteiger partial charge in [0.1, 0.15) is 11.6 Å². The van der Waals surface area contributed by atoms with E-state index in [0.717, 1.165) is 31.2 Å². The van der Waals surface area contributed by atoms with Gasteiger partial charge in [0.25, 0.3) is 0 Å². The molecule has 0 N–H and O–H groups in total. The molecule has 0 nitrogen and oxygen atoms in total. The lowest BCUT2D eigenvalue weighted by atomic mass is 9.79. The molecule has 0 heterocycles. The second-order valence-corrected chi connectivity index (χ2v) is 7.93. The van der Waals surface area contributed by atoms with E-state index in [9.17, 15) is 13.2 Å². The van der Waals surface area contributed by atoms with E-state index in [1.54, 1.807) is 18.2 Å². The Bertz CT molecular complexity index is 928. The van der Waals surface area contributed by atoms with E-state index in [1.807, 2.05) is 38.1 Å². The van der Waals surface area contributed by atoms with Crippen LogP contribution in [0.2, 0.25) is 0 Å². The van der Waals surface area contributed by atoms with E-state index in [-0.39, 0.29) is 5.56 Å². The van der Waals surface area contributed by atoms with Gasteiger partial charge < -0.3 is 0 Å². The van der Waals surface area contributed by atoms with E-state index >= 15 is 0 Å². The molecule has 0 amide bonds. The van der Waals surface area contributed by atoms with Crippen molar-refractivity contribution in [1.29, 1.82) is 0 Å². The van der Waals surface area contributed by atoms with Gasteiger partial charge in [0.05, 0.1) is 0 Å². The SMILES string of the molecule is C/C=C/CCC1CCC(C(F)=C(F)c2ccc3cc(/C=C/C)ccc3c2F)CC1. The van der Waals surface area contributed by atoms with Crippen LogP contribution < -0.4 is 0 Å². The maximum Gasteiger partial charge on any atom is 0.165 e. The fourth-order valence-electron chi connectivity index (χ4n) is 4.29. The van der Waals surface area contributed by atoms with Gasteiger partial charge in [-0.1, -0.05) is 42.5 Å². The quantitative estimate of drug-likeness (QED) is 0.427. The maximum absolute atomic E-state index is 14.9. The van der Waals surface area contributed by atoms with Crippen molar-refractivity contribution in [3.63, 3.8) is 0 Å². The summed E-state index contributed by atoms with van der Waals surface area (Å²) < 4.78 is 44.7. The molecule has 1 aliphatic carbocycles. The Labute approximate surface area is 171 Å². The number of hydrogen-bond donors (Lipinski definition) is 0. The Balaban J connectivity index is 1.79. The number of halogens is 3. The summed E-state index contributed by atoms with van der Waals surface area (Å²) in [5, 5.41) is 0.989. The molecule has 154 valence electrons. The fourth-order valence-corrected chi connectivity index (χ4v) is 4.29. The van der Waals surface area contributed by atoms with Gasteiger partial charge in [0.15, 0.2) is 5.83 Å². The maximum atomic E-state index is 14.9. The zero-order valence-electron chi connectivity index (χ0n) is 17.2. The molecule has 2 aromatic rings. The predicted molar refractivity (Wildman–Crippen MR) is 117 cm³/mol. The molecule has 1 saturated carbocycles. The van der Waals surface area contributed by atoms with Crippen LogP contribution in [0.3, 0.4) is 0 Å². The highest BCUT2D eigenvalue weighted by atomic mass is 19.2. The Kier molecular flexibility index (Phi) is 7.35. The lowest BCUT2D eigenvalue weighted by Crippen LogP contribution is -2.15. The normalized spacial score (nSPS) is 21.3. The third kappa shape index (κ3) is 5.01. The zero-order chi connectivity index (χ0) is 20.8. The molecule has 0 bridgehead atoms. The average Bonchev–Trinajstić information content (AvgIpc) is 2.74. The lowest BCUT2D eigenvalue weighted by Gasteiger charge is -2.27. The standard InChI is InChI=1S/C26H29F3/c1-3-5-6-8-18-9-12-20(13-10-18)24(27)26(29)23-16-14-21-17-19(7-4-2)11-15-22(21)25(23)28/h3-5,7,11,14-18,20H,6,8-10,12-13H2,1-2H3/b5-3+,7-4+,26-24?. The van der Waals surface area contributed by atoms with Crippen LogP contribution in [0.5, 0.6) is 0 Å². The van der Waals surface area contributed by atoms with Gasteiger partial charge in [-0.05, 0) is 81.4 Å². The number of fused-ring (bicyclic) bond motifs is 1. The van der Waals surface area contributed by atoms with Crippen LogP contribution >= 0.6 is 0 Å². The van der Waals surface area contributed by atoms with E-state index in [1.165, 1.54) is 6.07 Å². The van der Waals surface area contributed by atoms with Crippen molar-refractivity contribution < 1.29 is 13.2 Å². The molecule has 0 aromatic heterocycles. The fraction of sp³-hybridized carbons (Fsp3) is 0.385. The van der Waals surface area contributed by atoms with E-state index in [4.69, 9.17) is 0 Å². The average molecular weight is 399 g/mol. The van der Waals surface area contributed by atoms with E-state index < -0.39 is 23.4 Å². The topological polar surface area (TPSA) is 0 Å². The molecular formula is C26H29F3. The molecule has 0 saturated heterocycles. The van der Waals surface area contributed by atoms with Crippen LogP contribution in [0.4, 0.5) is 13.2 Å². The summed E-state index contributed by atoms with van der Waals surface area (Å²) in [5.74, 6) is -2.40. The van der Waals surface area contributed by atoms with Crippen molar-refractivity contribution in [2.45, 2.75) is 52.4 Å². The minimum Gasteiger partial charge on any atom is -0.208 e. The molecule has 29 heavy (non-hydrogen) atoms. The van der Waals surface area contributed by atoms with Crippen molar-refractivity contribution >= 4 is 22.7 Å². The molecule has 0 atom stereocenters. The largest absolute Gasteiger partial charge is 0.208 e. The van der Waals surface area contributed by atoms with Crippen molar-refractivity contribution in [2.75, 3.05) is 0 Å². The van der Waals surface area contributed by atoms with Gasteiger partial charge in [0.2, 0.25) is 0 Å². The van der Waals surface area contributed by atoms with Crippen molar-refractivity contribution in [3.8, 4) is 0 Å². The van der Waals surface area contributed by atoms with Crippen LogP contribution in [-0.4, -0.2) is 0 Å². The molecule has 2 aromatic carbocycles. The number of hydrogen-bond acceptors (Lipinski definition) is 0. The summed E-state index contributed by atoms with van der Waals surface area (Å²) in [6, 6.07) is 8.27. The zero-order valence-corrected chi connectivity index (χ0v) is 17.2. The van der Waals surface area contributed by atoms with Crippen LogP contribution in [0.1, 0.15) is 63.5 Å². The molecule has 3 heteroatoms. The first-order valence-electron chi connectivity index (χ1n) is 10.6. The van der Waals surface area contributed by atoms with E-state index in [0.29, 0.717) is 29.5 Å². The van der Waals surface area contributed by atoms with Crippen LogP contribution in [0.25, 0.3) is 22.7 Å². The van der Waals surface area contributed by atoms with Gasteiger partial charge in [-0.2, -0.15) is 0 Å². The van der Waals surface area contributed by atoms with Gasteiger partial charge in [-0.15, -0.1) is 0 Å². The summed E-state index contributed by atoms with van der Waals surface area (Å²) in [6.45, 7) is 3.92. The molecule has 0 spiro atoms. The first-order valence-corrected chi connectivity index (χ1v) is 10.6.